The second-order valence-corrected chi connectivity index (χ2v) is 6.01. The van der Waals surface area contributed by atoms with Crippen molar-refractivity contribution in [3.8, 4) is 5.75 Å². The number of benzene rings is 1. The number of rotatable bonds is 5. The molecule has 0 bridgehead atoms. The van der Waals surface area contributed by atoms with E-state index in [2.05, 4.69) is 13.8 Å². The van der Waals surface area contributed by atoms with E-state index in [0.717, 1.165) is 11.1 Å². The van der Waals surface area contributed by atoms with Crippen LogP contribution in [0.1, 0.15) is 35.3 Å². The summed E-state index contributed by atoms with van der Waals surface area (Å²) < 4.78 is 5.33. The van der Waals surface area contributed by atoms with Crippen molar-refractivity contribution in [3.05, 3.63) is 28.8 Å². The van der Waals surface area contributed by atoms with E-state index >= 15 is 0 Å². The van der Waals surface area contributed by atoms with Gasteiger partial charge in [0.05, 0.1) is 18.4 Å². The van der Waals surface area contributed by atoms with Crippen LogP contribution in [0.15, 0.2) is 12.1 Å². The van der Waals surface area contributed by atoms with Gasteiger partial charge < -0.3 is 4.74 Å². The highest BCUT2D eigenvalue weighted by Gasteiger charge is 2.15. The highest BCUT2D eigenvalue weighted by atomic mass is 32.2. The number of ketones is 1. The van der Waals surface area contributed by atoms with Gasteiger partial charge in [0.25, 0.3) is 0 Å². The van der Waals surface area contributed by atoms with Gasteiger partial charge in [-0.05, 0) is 36.3 Å². The summed E-state index contributed by atoms with van der Waals surface area (Å²) in [4.78, 5) is 12.1. The smallest absolute Gasteiger partial charge is 0.176 e. The molecule has 0 saturated heterocycles. The van der Waals surface area contributed by atoms with E-state index in [1.807, 2.05) is 26.0 Å². The van der Waals surface area contributed by atoms with Gasteiger partial charge in [-0.2, -0.15) is 11.8 Å². The van der Waals surface area contributed by atoms with E-state index in [-0.39, 0.29) is 5.78 Å². The van der Waals surface area contributed by atoms with E-state index in [1.165, 1.54) is 0 Å². The fourth-order valence-electron chi connectivity index (χ4n) is 1.75. The summed E-state index contributed by atoms with van der Waals surface area (Å²) in [6.45, 7) is 8.16. The van der Waals surface area contributed by atoms with Gasteiger partial charge in [0, 0.05) is 0 Å². The second-order valence-electron chi connectivity index (χ2n) is 4.45. The van der Waals surface area contributed by atoms with Gasteiger partial charge in [0.2, 0.25) is 0 Å². The molecule has 1 aromatic carbocycles. The predicted molar refractivity (Wildman–Crippen MR) is 74.4 cm³/mol. The maximum absolute atomic E-state index is 12.1. The Hall–Kier alpha value is -0.960. The average molecular weight is 252 g/mol. The minimum atomic E-state index is 0.146. The molecular formula is C14H20O2S. The van der Waals surface area contributed by atoms with Crippen LogP contribution in [-0.4, -0.2) is 23.9 Å². The molecule has 0 aliphatic heterocycles. The molecule has 0 aliphatic carbocycles. The van der Waals surface area contributed by atoms with Crippen LogP contribution in [0.5, 0.6) is 5.75 Å². The molecule has 0 unspecified atom stereocenters. The lowest BCUT2D eigenvalue weighted by molar-refractivity contribution is 0.101. The SMILES string of the molecule is COc1c(C)cc(C)cc1C(=O)CSC(C)C. The third-order valence-corrected chi connectivity index (χ3v) is 3.57. The minimum absolute atomic E-state index is 0.146. The lowest BCUT2D eigenvalue weighted by atomic mass is 10.0. The Morgan fingerprint density at radius 3 is 2.53 bits per heavy atom. The molecule has 0 radical (unpaired) electrons. The van der Waals surface area contributed by atoms with Crippen LogP contribution in [-0.2, 0) is 0 Å². The molecule has 2 nitrogen and oxygen atoms in total. The van der Waals surface area contributed by atoms with E-state index in [1.54, 1.807) is 18.9 Å². The lowest BCUT2D eigenvalue weighted by Crippen LogP contribution is -2.08. The normalized spacial score (nSPS) is 10.7. The highest BCUT2D eigenvalue weighted by Crippen LogP contribution is 2.26. The molecule has 0 amide bonds. The molecule has 1 aromatic rings. The fraction of sp³-hybridized carbons (Fsp3) is 0.500. The van der Waals surface area contributed by atoms with Crippen molar-refractivity contribution in [2.24, 2.45) is 0 Å². The van der Waals surface area contributed by atoms with Crippen molar-refractivity contribution in [1.29, 1.82) is 0 Å². The molecular weight excluding hydrogens is 232 g/mol. The number of thioether (sulfide) groups is 1. The van der Waals surface area contributed by atoms with Gasteiger partial charge in [-0.3, -0.25) is 4.79 Å². The maximum Gasteiger partial charge on any atom is 0.176 e. The van der Waals surface area contributed by atoms with Crippen LogP contribution < -0.4 is 4.74 Å². The van der Waals surface area contributed by atoms with Gasteiger partial charge in [0.1, 0.15) is 5.75 Å². The molecule has 0 fully saturated rings. The molecule has 94 valence electrons. The summed E-state index contributed by atoms with van der Waals surface area (Å²) in [6, 6.07) is 3.94. The molecule has 0 saturated carbocycles. The van der Waals surface area contributed by atoms with E-state index in [4.69, 9.17) is 4.74 Å². The van der Waals surface area contributed by atoms with Crippen LogP contribution in [0.4, 0.5) is 0 Å². The van der Waals surface area contributed by atoms with Gasteiger partial charge in [-0.1, -0.05) is 19.9 Å². The number of carbonyl (C=O) groups excluding carboxylic acids is 1. The highest BCUT2D eigenvalue weighted by molar-refractivity contribution is 8.00. The first kappa shape index (κ1) is 14.1. The zero-order valence-electron chi connectivity index (χ0n) is 11.2. The lowest BCUT2D eigenvalue weighted by Gasteiger charge is -2.12. The van der Waals surface area contributed by atoms with Gasteiger partial charge in [-0.25, -0.2) is 0 Å². The number of hydrogen-bond donors (Lipinski definition) is 0. The molecule has 0 heterocycles. The quantitative estimate of drug-likeness (QED) is 0.748. The second kappa shape index (κ2) is 6.10. The summed E-state index contributed by atoms with van der Waals surface area (Å²) >= 11 is 1.66. The first-order valence-electron chi connectivity index (χ1n) is 5.75. The molecule has 0 atom stereocenters. The third-order valence-electron chi connectivity index (χ3n) is 2.47. The van der Waals surface area contributed by atoms with Crippen molar-refractivity contribution in [2.45, 2.75) is 32.9 Å². The van der Waals surface area contributed by atoms with Gasteiger partial charge in [-0.15, -0.1) is 0 Å². The number of carbonyl (C=O) groups is 1. The van der Waals surface area contributed by atoms with E-state index < -0.39 is 0 Å². The number of hydrogen-bond acceptors (Lipinski definition) is 3. The fourth-order valence-corrected chi connectivity index (χ4v) is 2.39. The number of Topliss-reactive ketones (excluding diaryl/α,β-unsaturated/α-hetero) is 1. The first-order valence-corrected chi connectivity index (χ1v) is 6.80. The Bertz CT molecular complexity index is 411. The largest absolute Gasteiger partial charge is 0.496 e. The van der Waals surface area contributed by atoms with Crippen LogP contribution in [0.3, 0.4) is 0 Å². The van der Waals surface area contributed by atoms with Crippen LogP contribution >= 0.6 is 11.8 Å². The first-order chi connectivity index (χ1) is 7.95. The zero-order chi connectivity index (χ0) is 13.0. The summed E-state index contributed by atoms with van der Waals surface area (Å²) in [6.07, 6.45) is 0. The zero-order valence-corrected chi connectivity index (χ0v) is 12.0. The van der Waals surface area contributed by atoms with Crippen molar-refractivity contribution < 1.29 is 9.53 Å². The Morgan fingerprint density at radius 1 is 1.35 bits per heavy atom. The Labute approximate surface area is 108 Å². The number of methoxy groups -OCH3 is 1. The molecule has 3 heteroatoms. The van der Waals surface area contributed by atoms with Gasteiger partial charge >= 0.3 is 0 Å². The Balaban J connectivity index is 2.99. The maximum atomic E-state index is 12.1. The topological polar surface area (TPSA) is 26.3 Å². The summed E-state index contributed by atoms with van der Waals surface area (Å²) in [7, 11) is 1.62. The molecule has 0 spiro atoms. The summed E-state index contributed by atoms with van der Waals surface area (Å²) in [5.41, 5.74) is 2.82. The van der Waals surface area contributed by atoms with Crippen molar-refractivity contribution in [1.82, 2.24) is 0 Å². The molecule has 17 heavy (non-hydrogen) atoms. The standard InChI is InChI=1S/C14H20O2S/c1-9(2)17-8-13(15)12-7-10(3)6-11(4)14(12)16-5/h6-7,9H,8H2,1-5H3. The molecule has 0 N–H and O–H groups in total. The van der Waals surface area contributed by atoms with Crippen LogP contribution in [0, 0.1) is 13.8 Å². The van der Waals surface area contributed by atoms with E-state index in [9.17, 15) is 4.79 Å². The Morgan fingerprint density at radius 2 is 2.00 bits per heavy atom. The van der Waals surface area contributed by atoms with Crippen molar-refractivity contribution in [2.75, 3.05) is 12.9 Å². The van der Waals surface area contributed by atoms with Crippen LogP contribution in [0.2, 0.25) is 0 Å². The summed E-state index contributed by atoms with van der Waals surface area (Å²) in [5.74, 6) is 1.37. The predicted octanol–water partition coefficient (Wildman–Crippen LogP) is 3.64. The molecule has 0 aliphatic rings. The molecule has 0 aromatic heterocycles. The minimum Gasteiger partial charge on any atom is -0.496 e. The Kier molecular flexibility index (Phi) is 5.06. The van der Waals surface area contributed by atoms with Crippen LogP contribution in [0.25, 0.3) is 0 Å². The third kappa shape index (κ3) is 3.77. The summed E-state index contributed by atoms with van der Waals surface area (Å²) in [5, 5.41) is 0.468. The van der Waals surface area contributed by atoms with E-state index in [0.29, 0.717) is 22.3 Å². The monoisotopic (exact) mass is 252 g/mol. The van der Waals surface area contributed by atoms with Crippen molar-refractivity contribution in [3.63, 3.8) is 0 Å². The van der Waals surface area contributed by atoms with Crippen molar-refractivity contribution >= 4 is 17.5 Å². The van der Waals surface area contributed by atoms with Gasteiger partial charge in [0.15, 0.2) is 5.78 Å². The average Bonchev–Trinajstić information content (AvgIpc) is 2.24. The number of aryl methyl sites for hydroxylation is 2. The number of ether oxygens (including phenoxy) is 1. The molecule has 1 rings (SSSR count).